The van der Waals surface area contributed by atoms with Gasteiger partial charge in [-0.15, -0.1) is 0 Å². The Morgan fingerprint density at radius 1 is 1.48 bits per heavy atom. The Bertz CT molecular complexity index is 493. The minimum Gasteiger partial charge on any atom is -0.378 e. The molecule has 1 amide bonds. The molecule has 1 saturated carbocycles. The molecule has 118 valence electrons. The third-order valence-electron chi connectivity index (χ3n) is 5.25. The lowest BCUT2D eigenvalue weighted by atomic mass is 9.58. The molecule has 0 aromatic carbocycles. The fourth-order valence-corrected chi connectivity index (χ4v) is 3.79. The van der Waals surface area contributed by atoms with E-state index >= 15 is 0 Å². The van der Waals surface area contributed by atoms with E-state index in [9.17, 15) is 4.79 Å². The highest BCUT2D eigenvalue weighted by molar-refractivity contribution is 5.92. The predicted molar refractivity (Wildman–Crippen MR) is 82.1 cm³/mol. The summed E-state index contributed by atoms with van der Waals surface area (Å²) in [6.07, 6.45) is 4.92. The van der Waals surface area contributed by atoms with Crippen LogP contribution in [0.1, 0.15) is 50.5 Å². The molecule has 0 unspecified atom stereocenters. The number of nitrogens with zero attached hydrogens (tertiary/aromatic N) is 3. The SMILES string of the molecule is CCO[C@@H]1C[C@@H](N(C)C(=O)c2ccnn2C)C1(CC)CC. The van der Waals surface area contributed by atoms with Gasteiger partial charge in [0.05, 0.1) is 6.10 Å². The molecule has 0 N–H and O–H groups in total. The van der Waals surface area contributed by atoms with Gasteiger partial charge in [-0.3, -0.25) is 9.48 Å². The number of amides is 1. The van der Waals surface area contributed by atoms with Crippen LogP contribution in [0, 0.1) is 5.41 Å². The molecule has 0 radical (unpaired) electrons. The van der Waals surface area contributed by atoms with Crippen molar-refractivity contribution in [1.82, 2.24) is 14.7 Å². The van der Waals surface area contributed by atoms with Crippen LogP contribution in [0.15, 0.2) is 12.3 Å². The van der Waals surface area contributed by atoms with E-state index in [1.807, 2.05) is 18.9 Å². The van der Waals surface area contributed by atoms with Crippen molar-refractivity contribution in [2.45, 2.75) is 52.2 Å². The van der Waals surface area contributed by atoms with E-state index in [1.54, 1.807) is 24.0 Å². The summed E-state index contributed by atoms with van der Waals surface area (Å²) < 4.78 is 7.53. The molecule has 2 atom stereocenters. The maximum absolute atomic E-state index is 12.7. The van der Waals surface area contributed by atoms with Gasteiger partial charge >= 0.3 is 0 Å². The lowest BCUT2D eigenvalue weighted by Crippen LogP contribution is -2.64. The zero-order valence-corrected chi connectivity index (χ0v) is 13.8. The van der Waals surface area contributed by atoms with Crippen LogP contribution in [0.25, 0.3) is 0 Å². The molecule has 21 heavy (non-hydrogen) atoms. The van der Waals surface area contributed by atoms with Crippen molar-refractivity contribution in [3.63, 3.8) is 0 Å². The molecule has 1 aliphatic rings. The van der Waals surface area contributed by atoms with Gasteiger partial charge in [0.2, 0.25) is 0 Å². The smallest absolute Gasteiger partial charge is 0.272 e. The Morgan fingerprint density at radius 2 is 2.14 bits per heavy atom. The maximum Gasteiger partial charge on any atom is 0.272 e. The number of hydrogen-bond donors (Lipinski definition) is 0. The lowest BCUT2D eigenvalue weighted by Gasteiger charge is -2.58. The summed E-state index contributed by atoms with van der Waals surface area (Å²) in [5.41, 5.74) is 0.720. The summed E-state index contributed by atoms with van der Waals surface area (Å²) in [6.45, 7) is 7.17. The van der Waals surface area contributed by atoms with Gasteiger partial charge in [0, 0.05) is 38.4 Å². The molecule has 1 aromatic heterocycles. The molecule has 2 rings (SSSR count). The molecule has 1 heterocycles. The topological polar surface area (TPSA) is 47.4 Å². The van der Waals surface area contributed by atoms with Crippen molar-refractivity contribution in [2.24, 2.45) is 12.5 Å². The highest BCUT2D eigenvalue weighted by Gasteiger charge is 2.55. The first kappa shape index (κ1) is 16.0. The van der Waals surface area contributed by atoms with Crippen molar-refractivity contribution in [3.05, 3.63) is 18.0 Å². The van der Waals surface area contributed by atoms with E-state index in [1.165, 1.54) is 0 Å². The van der Waals surface area contributed by atoms with Gasteiger partial charge in [-0.25, -0.2) is 0 Å². The average Bonchev–Trinajstić information content (AvgIpc) is 2.89. The summed E-state index contributed by atoms with van der Waals surface area (Å²) in [5.74, 6) is 0.0428. The molecule has 0 spiro atoms. The van der Waals surface area contributed by atoms with Crippen LogP contribution in [0.3, 0.4) is 0 Å². The van der Waals surface area contributed by atoms with E-state index < -0.39 is 0 Å². The van der Waals surface area contributed by atoms with Crippen LogP contribution >= 0.6 is 0 Å². The largest absolute Gasteiger partial charge is 0.378 e. The second kappa shape index (κ2) is 6.18. The molecule has 0 aliphatic heterocycles. The van der Waals surface area contributed by atoms with Crippen molar-refractivity contribution >= 4 is 5.91 Å². The van der Waals surface area contributed by atoms with Gasteiger partial charge < -0.3 is 9.64 Å². The van der Waals surface area contributed by atoms with Gasteiger partial charge in [-0.05, 0) is 32.3 Å². The van der Waals surface area contributed by atoms with Gasteiger partial charge in [-0.1, -0.05) is 13.8 Å². The maximum atomic E-state index is 12.7. The molecular weight excluding hydrogens is 266 g/mol. The Labute approximate surface area is 127 Å². The highest BCUT2D eigenvalue weighted by Crippen LogP contribution is 2.51. The first-order valence-electron chi connectivity index (χ1n) is 7.88. The number of carbonyl (C=O) groups excluding carboxylic acids is 1. The molecule has 1 aromatic rings. The van der Waals surface area contributed by atoms with Gasteiger partial charge in [-0.2, -0.15) is 5.10 Å². The molecular formula is C16H27N3O2. The second-order valence-electron chi connectivity index (χ2n) is 5.89. The highest BCUT2D eigenvalue weighted by atomic mass is 16.5. The minimum absolute atomic E-state index is 0.0428. The monoisotopic (exact) mass is 293 g/mol. The van der Waals surface area contributed by atoms with E-state index in [0.717, 1.165) is 25.9 Å². The van der Waals surface area contributed by atoms with Crippen LogP contribution in [-0.4, -0.2) is 46.4 Å². The third kappa shape index (κ3) is 2.48. The van der Waals surface area contributed by atoms with Crippen molar-refractivity contribution in [2.75, 3.05) is 13.7 Å². The number of aryl methyl sites for hydroxylation is 1. The quantitative estimate of drug-likeness (QED) is 0.809. The Balaban J connectivity index is 2.18. The van der Waals surface area contributed by atoms with Crippen LogP contribution in [0.4, 0.5) is 0 Å². The fourth-order valence-electron chi connectivity index (χ4n) is 3.79. The first-order chi connectivity index (χ1) is 10.0. The number of ether oxygens (including phenoxy) is 1. The third-order valence-corrected chi connectivity index (χ3v) is 5.25. The summed E-state index contributed by atoms with van der Waals surface area (Å²) >= 11 is 0. The zero-order chi connectivity index (χ0) is 15.6. The number of rotatable bonds is 6. The fraction of sp³-hybridized carbons (Fsp3) is 0.750. The van der Waals surface area contributed by atoms with E-state index in [2.05, 4.69) is 18.9 Å². The summed E-state index contributed by atoms with van der Waals surface area (Å²) in [5, 5.41) is 4.09. The van der Waals surface area contributed by atoms with Crippen molar-refractivity contribution < 1.29 is 9.53 Å². The van der Waals surface area contributed by atoms with E-state index in [-0.39, 0.29) is 23.5 Å². The molecule has 5 nitrogen and oxygen atoms in total. The van der Waals surface area contributed by atoms with Crippen LogP contribution in [0.2, 0.25) is 0 Å². The standard InChI is InChI=1S/C16H27N3O2/c1-6-16(7-2)13(11-14(16)21-8-3)18(4)15(20)12-9-10-17-19(12)5/h9-10,13-14H,6-8,11H2,1-5H3/t13-,14-/m1/s1. The van der Waals surface area contributed by atoms with Crippen molar-refractivity contribution in [3.8, 4) is 0 Å². The summed E-state index contributed by atoms with van der Waals surface area (Å²) in [4.78, 5) is 14.6. The van der Waals surface area contributed by atoms with E-state index in [4.69, 9.17) is 4.74 Å². The van der Waals surface area contributed by atoms with Crippen LogP contribution in [-0.2, 0) is 11.8 Å². The lowest BCUT2D eigenvalue weighted by molar-refractivity contribution is -0.159. The molecule has 1 aliphatic carbocycles. The number of carbonyl (C=O) groups is 1. The van der Waals surface area contributed by atoms with Crippen LogP contribution in [0.5, 0.6) is 0 Å². The first-order valence-corrected chi connectivity index (χ1v) is 7.88. The average molecular weight is 293 g/mol. The van der Waals surface area contributed by atoms with Crippen LogP contribution < -0.4 is 0 Å². The molecule has 0 saturated heterocycles. The van der Waals surface area contributed by atoms with Crippen molar-refractivity contribution in [1.29, 1.82) is 0 Å². The van der Waals surface area contributed by atoms with E-state index in [0.29, 0.717) is 5.69 Å². The predicted octanol–water partition coefficient (Wildman–Crippen LogP) is 2.48. The summed E-state index contributed by atoms with van der Waals surface area (Å²) in [6, 6.07) is 2.02. The molecule has 0 bridgehead atoms. The zero-order valence-electron chi connectivity index (χ0n) is 13.8. The second-order valence-corrected chi connectivity index (χ2v) is 5.89. The normalized spacial score (nSPS) is 23.7. The van der Waals surface area contributed by atoms with Gasteiger partial charge in [0.25, 0.3) is 5.91 Å². The summed E-state index contributed by atoms with van der Waals surface area (Å²) in [7, 11) is 3.71. The molecule has 5 heteroatoms. The molecule has 1 fully saturated rings. The Kier molecular flexibility index (Phi) is 4.71. The van der Waals surface area contributed by atoms with Gasteiger partial charge in [0.15, 0.2) is 0 Å². The number of hydrogen-bond acceptors (Lipinski definition) is 3. The van der Waals surface area contributed by atoms with Gasteiger partial charge in [0.1, 0.15) is 5.69 Å². The minimum atomic E-state index is 0.0428. The Hall–Kier alpha value is -1.36. The number of aromatic nitrogens is 2. The Morgan fingerprint density at radius 3 is 2.62 bits per heavy atom.